The largest absolute Gasteiger partial charge is 0.496 e. The summed E-state index contributed by atoms with van der Waals surface area (Å²) in [5, 5.41) is 2.77. The molecular weight excluding hydrogens is 302 g/mol. The van der Waals surface area contributed by atoms with E-state index in [4.69, 9.17) is 14.2 Å². The van der Waals surface area contributed by atoms with Gasteiger partial charge in [-0.3, -0.25) is 0 Å². The van der Waals surface area contributed by atoms with Crippen molar-refractivity contribution >= 4 is 22.0 Å². The fourth-order valence-electron chi connectivity index (χ4n) is 1.92. The van der Waals surface area contributed by atoms with Crippen LogP contribution in [0.15, 0.2) is 16.6 Å². The van der Waals surface area contributed by atoms with Crippen LogP contribution in [0.3, 0.4) is 0 Å². The van der Waals surface area contributed by atoms with Gasteiger partial charge in [-0.2, -0.15) is 0 Å². The molecule has 1 N–H and O–H groups in total. The molecule has 1 atom stereocenters. The number of nitrogens with one attached hydrogen (secondary N) is 1. The fourth-order valence-corrected chi connectivity index (χ4v) is 2.40. The maximum Gasteiger partial charge on any atom is 0.407 e. The Morgan fingerprint density at radius 1 is 1.33 bits per heavy atom. The molecule has 18 heavy (non-hydrogen) atoms. The van der Waals surface area contributed by atoms with Crippen molar-refractivity contribution in [3.63, 3.8) is 0 Å². The third kappa shape index (κ3) is 2.53. The predicted octanol–water partition coefficient (Wildman–Crippen LogP) is 2.64. The molecule has 2 rings (SSSR count). The van der Waals surface area contributed by atoms with E-state index in [1.54, 1.807) is 14.2 Å². The number of amides is 1. The lowest BCUT2D eigenvalue weighted by atomic mass is 10.0. The highest BCUT2D eigenvalue weighted by Crippen LogP contribution is 2.37. The molecule has 1 aromatic carbocycles. The van der Waals surface area contributed by atoms with Crippen molar-refractivity contribution in [2.24, 2.45) is 0 Å². The second kappa shape index (κ2) is 5.48. The lowest BCUT2D eigenvalue weighted by molar-refractivity contribution is 0.115. The van der Waals surface area contributed by atoms with Crippen LogP contribution in [0.5, 0.6) is 11.5 Å². The van der Waals surface area contributed by atoms with E-state index in [2.05, 4.69) is 21.2 Å². The van der Waals surface area contributed by atoms with Gasteiger partial charge in [0.25, 0.3) is 0 Å². The fraction of sp³-hybridized carbons (Fsp3) is 0.417. The first-order valence-corrected chi connectivity index (χ1v) is 6.29. The van der Waals surface area contributed by atoms with Crippen molar-refractivity contribution in [3.8, 4) is 11.5 Å². The van der Waals surface area contributed by atoms with E-state index in [9.17, 15) is 4.79 Å². The minimum absolute atomic E-state index is 0.122. The third-order valence-corrected chi connectivity index (χ3v) is 3.43. The van der Waals surface area contributed by atoms with Crippen LogP contribution in [-0.2, 0) is 4.74 Å². The lowest BCUT2D eigenvalue weighted by Crippen LogP contribution is -2.35. The summed E-state index contributed by atoms with van der Waals surface area (Å²) in [5.74, 6) is 1.40. The normalized spacial score (nSPS) is 18.8. The number of alkyl carbamates (subject to hydrolysis) is 1. The molecule has 0 spiro atoms. The third-order valence-electron chi connectivity index (χ3n) is 2.81. The van der Waals surface area contributed by atoms with E-state index < -0.39 is 6.09 Å². The first kappa shape index (κ1) is 13.0. The van der Waals surface area contributed by atoms with Crippen LogP contribution < -0.4 is 14.8 Å². The molecule has 1 aliphatic heterocycles. The van der Waals surface area contributed by atoms with Gasteiger partial charge in [-0.15, -0.1) is 0 Å². The Morgan fingerprint density at radius 3 is 2.67 bits per heavy atom. The molecule has 0 unspecified atom stereocenters. The number of methoxy groups -OCH3 is 2. The molecule has 1 saturated heterocycles. The molecule has 0 saturated carbocycles. The summed E-state index contributed by atoms with van der Waals surface area (Å²) in [7, 11) is 3.19. The van der Waals surface area contributed by atoms with E-state index in [-0.39, 0.29) is 6.04 Å². The number of rotatable bonds is 3. The summed E-state index contributed by atoms with van der Waals surface area (Å²) in [6, 6.07) is 3.57. The van der Waals surface area contributed by atoms with Gasteiger partial charge in [0.2, 0.25) is 0 Å². The summed E-state index contributed by atoms with van der Waals surface area (Å²) in [6.07, 6.45) is 0.294. The molecule has 98 valence electrons. The van der Waals surface area contributed by atoms with E-state index in [0.29, 0.717) is 24.5 Å². The van der Waals surface area contributed by atoms with Crippen LogP contribution in [0.2, 0.25) is 0 Å². The van der Waals surface area contributed by atoms with Gasteiger partial charge < -0.3 is 19.5 Å². The van der Waals surface area contributed by atoms with E-state index in [0.717, 1.165) is 10.0 Å². The number of carbonyl (C=O) groups excluding carboxylic acids is 1. The first-order valence-electron chi connectivity index (χ1n) is 5.50. The van der Waals surface area contributed by atoms with Crippen molar-refractivity contribution in [3.05, 3.63) is 22.2 Å². The molecule has 1 aromatic rings. The van der Waals surface area contributed by atoms with Gasteiger partial charge in [0, 0.05) is 12.0 Å². The Morgan fingerprint density at radius 2 is 2.06 bits per heavy atom. The summed E-state index contributed by atoms with van der Waals surface area (Å²) >= 11 is 3.40. The van der Waals surface area contributed by atoms with Crippen LogP contribution in [0.1, 0.15) is 18.0 Å². The number of cyclic esters (lactones) is 1. The number of hydrogen-bond acceptors (Lipinski definition) is 4. The van der Waals surface area contributed by atoms with Gasteiger partial charge in [-0.05, 0) is 28.1 Å². The Labute approximate surface area is 114 Å². The van der Waals surface area contributed by atoms with Crippen LogP contribution in [0, 0.1) is 0 Å². The van der Waals surface area contributed by atoms with E-state index in [1.807, 2.05) is 12.1 Å². The van der Waals surface area contributed by atoms with Gasteiger partial charge in [0.15, 0.2) is 0 Å². The topological polar surface area (TPSA) is 56.8 Å². The van der Waals surface area contributed by atoms with Gasteiger partial charge in [-0.1, -0.05) is 0 Å². The van der Waals surface area contributed by atoms with Crippen molar-refractivity contribution in [1.82, 2.24) is 5.32 Å². The molecule has 0 bridgehead atoms. The second-order valence-electron chi connectivity index (χ2n) is 3.85. The molecular formula is C12H14BrNO4. The second-order valence-corrected chi connectivity index (χ2v) is 4.70. The molecule has 1 fully saturated rings. The molecule has 0 radical (unpaired) electrons. The lowest BCUT2D eigenvalue weighted by Gasteiger charge is -2.25. The molecule has 0 aromatic heterocycles. The van der Waals surface area contributed by atoms with Crippen molar-refractivity contribution in [2.45, 2.75) is 12.5 Å². The Balaban J connectivity index is 2.38. The van der Waals surface area contributed by atoms with Crippen LogP contribution in [-0.4, -0.2) is 26.9 Å². The Bertz CT molecular complexity index is 464. The standard InChI is InChI=1S/C12H14BrNO4/c1-16-10-6-8(13)11(17-2)5-7(10)9-3-4-18-12(15)14-9/h5-6,9H,3-4H2,1-2H3,(H,14,15)/t9-/m1/s1. The number of carbonyl (C=O) groups is 1. The molecule has 1 amide bonds. The minimum atomic E-state index is -0.407. The zero-order valence-electron chi connectivity index (χ0n) is 10.2. The maximum atomic E-state index is 11.3. The molecule has 6 heteroatoms. The highest BCUT2D eigenvalue weighted by Gasteiger charge is 2.24. The summed E-state index contributed by atoms with van der Waals surface area (Å²) in [6.45, 7) is 0.401. The highest BCUT2D eigenvalue weighted by atomic mass is 79.9. The van der Waals surface area contributed by atoms with E-state index in [1.165, 1.54) is 0 Å². The van der Waals surface area contributed by atoms with Gasteiger partial charge in [0.05, 0.1) is 31.3 Å². The first-order chi connectivity index (χ1) is 8.65. The summed E-state index contributed by atoms with van der Waals surface area (Å²) in [5.41, 5.74) is 0.884. The van der Waals surface area contributed by atoms with Crippen LogP contribution >= 0.6 is 15.9 Å². The number of ether oxygens (including phenoxy) is 3. The van der Waals surface area contributed by atoms with E-state index >= 15 is 0 Å². The predicted molar refractivity (Wildman–Crippen MR) is 69.1 cm³/mol. The maximum absolute atomic E-state index is 11.3. The van der Waals surface area contributed by atoms with Crippen molar-refractivity contribution < 1.29 is 19.0 Å². The van der Waals surface area contributed by atoms with Crippen LogP contribution in [0.4, 0.5) is 4.79 Å². The summed E-state index contributed by atoms with van der Waals surface area (Å²) < 4.78 is 16.3. The molecule has 1 aliphatic rings. The Hall–Kier alpha value is -1.43. The van der Waals surface area contributed by atoms with Gasteiger partial charge in [0.1, 0.15) is 11.5 Å². The van der Waals surface area contributed by atoms with Crippen LogP contribution in [0.25, 0.3) is 0 Å². The monoisotopic (exact) mass is 315 g/mol. The average molecular weight is 316 g/mol. The number of halogens is 1. The molecule has 0 aliphatic carbocycles. The summed E-state index contributed by atoms with van der Waals surface area (Å²) in [4.78, 5) is 11.3. The van der Waals surface area contributed by atoms with Gasteiger partial charge >= 0.3 is 6.09 Å². The zero-order valence-corrected chi connectivity index (χ0v) is 11.7. The zero-order chi connectivity index (χ0) is 13.1. The Kier molecular flexibility index (Phi) is 3.96. The number of hydrogen-bond donors (Lipinski definition) is 1. The quantitative estimate of drug-likeness (QED) is 0.931. The highest BCUT2D eigenvalue weighted by molar-refractivity contribution is 9.10. The molecule has 1 heterocycles. The minimum Gasteiger partial charge on any atom is -0.496 e. The van der Waals surface area contributed by atoms with Gasteiger partial charge in [-0.25, -0.2) is 4.79 Å². The van der Waals surface area contributed by atoms with Crippen molar-refractivity contribution in [1.29, 1.82) is 0 Å². The van der Waals surface area contributed by atoms with Crippen molar-refractivity contribution in [2.75, 3.05) is 20.8 Å². The SMILES string of the molecule is COc1cc([C@H]2CCOC(=O)N2)c(OC)cc1Br. The average Bonchev–Trinajstić information content (AvgIpc) is 2.38. The number of benzene rings is 1. The molecule has 5 nitrogen and oxygen atoms in total. The smallest absolute Gasteiger partial charge is 0.407 e.